The summed E-state index contributed by atoms with van der Waals surface area (Å²) in [5.41, 5.74) is 1.28. The van der Waals surface area contributed by atoms with E-state index in [2.05, 4.69) is 0 Å². The lowest BCUT2D eigenvalue weighted by Crippen LogP contribution is -2.10. The maximum Gasteiger partial charge on any atom is 0.238 e. The normalized spacial score (nSPS) is 12.9. The lowest BCUT2D eigenvalue weighted by molar-refractivity contribution is 0.0632. The van der Waals surface area contributed by atoms with Gasteiger partial charge in [0.1, 0.15) is 11.6 Å². The lowest BCUT2D eigenvalue weighted by atomic mass is 9.97. The van der Waals surface area contributed by atoms with Gasteiger partial charge in [0, 0.05) is 6.42 Å². The largest absolute Gasteiger partial charge is 0.460 e. The van der Waals surface area contributed by atoms with E-state index >= 15 is 0 Å². The Morgan fingerprint density at radius 2 is 1.94 bits per heavy atom. The molecule has 1 atom stereocenters. The summed E-state index contributed by atoms with van der Waals surface area (Å²) in [5, 5.41) is 0. The molecule has 0 aromatic heterocycles. The minimum atomic E-state index is -1.33. The van der Waals surface area contributed by atoms with Crippen molar-refractivity contribution in [2.45, 2.75) is 46.4 Å². The highest BCUT2D eigenvalue weighted by molar-refractivity contribution is 5.41. The van der Waals surface area contributed by atoms with Crippen LogP contribution in [0.15, 0.2) is 12.1 Å². The third kappa shape index (κ3) is 2.71. The van der Waals surface area contributed by atoms with Crippen molar-refractivity contribution in [2.24, 2.45) is 0 Å². The van der Waals surface area contributed by atoms with E-state index in [9.17, 15) is 8.78 Å². The van der Waals surface area contributed by atoms with Crippen molar-refractivity contribution in [1.29, 1.82) is 0 Å². The highest BCUT2D eigenvalue weighted by Crippen LogP contribution is 2.30. The molecule has 90 valence electrons. The van der Waals surface area contributed by atoms with Crippen molar-refractivity contribution in [3.05, 3.63) is 29.1 Å². The minimum absolute atomic E-state index is 0.0586. The molecule has 0 heterocycles. The zero-order valence-electron chi connectivity index (χ0n) is 10.2. The van der Waals surface area contributed by atoms with Crippen LogP contribution in [0, 0.1) is 12.7 Å². The van der Waals surface area contributed by atoms with Crippen LogP contribution >= 0.6 is 0 Å². The van der Waals surface area contributed by atoms with Crippen molar-refractivity contribution in [3.8, 4) is 5.75 Å². The van der Waals surface area contributed by atoms with E-state index in [0.29, 0.717) is 16.9 Å². The van der Waals surface area contributed by atoms with Crippen LogP contribution in [0.1, 0.15) is 44.2 Å². The van der Waals surface area contributed by atoms with Crippen LogP contribution in [-0.4, -0.2) is 6.36 Å². The molecular weight excluding hydrogens is 210 g/mol. The Bertz CT molecular complexity index is 361. The van der Waals surface area contributed by atoms with Crippen molar-refractivity contribution < 1.29 is 13.5 Å². The summed E-state index contributed by atoms with van der Waals surface area (Å²) in [6.07, 6.45) is -1.04. The van der Waals surface area contributed by atoms with Crippen LogP contribution in [-0.2, 0) is 0 Å². The number of ether oxygens (including phenoxy) is 1. The Morgan fingerprint density at radius 3 is 2.44 bits per heavy atom. The predicted octanol–water partition coefficient (Wildman–Crippen LogP) is 4.34. The molecule has 0 saturated heterocycles. The van der Waals surface area contributed by atoms with Crippen molar-refractivity contribution in [1.82, 2.24) is 0 Å². The first-order chi connectivity index (χ1) is 7.47. The Labute approximate surface area is 95.4 Å². The van der Waals surface area contributed by atoms with Gasteiger partial charge in [0.15, 0.2) is 0 Å². The summed E-state index contributed by atoms with van der Waals surface area (Å²) < 4.78 is 31.8. The van der Waals surface area contributed by atoms with Gasteiger partial charge in [0.2, 0.25) is 6.36 Å². The van der Waals surface area contributed by atoms with E-state index < -0.39 is 6.36 Å². The van der Waals surface area contributed by atoms with Crippen LogP contribution in [0.25, 0.3) is 0 Å². The van der Waals surface area contributed by atoms with Gasteiger partial charge in [-0.2, -0.15) is 0 Å². The molecule has 1 aromatic carbocycles. The predicted molar refractivity (Wildman–Crippen MR) is 61.0 cm³/mol. The van der Waals surface area contributed by atoms with E-state index in [0.717, 1.165) is 0 Å². The van der Waals surface area contributed by atoms with E-state index in [1.165, 1.54) is 12.1 Å². The Hall–Kier alpha value is -1.12. The van der Waals surface area contributed by atoms with Crippen molar-refractivity contribution in [3.63, 3.8) is 0 Å². The van der Waals surface area contributed by atoms with Gasteiger partial charge in [-0.05, 0) is 36.1 Å². The fraction of sp³-hybridized carbons (Fsp3) is 0.538. The number of benzene rings is 1. The standard InChI is InChI=1S/C13H18F2O/c1-5-12(15)16-11-7-6-10(14)13(8(2)3)9(11)4/h6-8,12H,5H2,1-4H3. The summed E-state index contributed by atoms with van der Waals surface area (Å²) in [6, 6.07) is 2.82. The quantitative estimate of drug-likeness (QED) is 0.744. The molecule has 0 fully saturated rings. The molecule has 16 heavy (non-hydrogen) atoms. The second kappa shape index (κ2) is 5.28. The van der Waals surface area contributed by atoms with E-state index in [1.807, 2.05) is 13.8 Å². The molecule has 0 aliphatic carbocycles. The first kappa shape index (κ1) is 12.9. The number of halogens is 2. The molecule has 0 saturated carbocycles. The SMILES string of the molecule is CCC(F)Oc1ccc(F)c(C(C)C)c1C. The molecule has 1 unspecified atom stereocenters. The van der Waals surface area contributed by atoms with E-state index in [1.54, 1.807) is 13.8 Å². The number of hydrogen-bond donors (Lipinski definition) is 0. The molecule has 0 bridgehead atoms. The summed E-state index contributed by atoms with van der Waals surface area (Å²) in [7, 11) is 0. The molecule has 3 heteroatoms. The Morgan fingerprint density at radius 1 is 1.31 bits per heavy atom. The summed E-state index contributed by atoms with van der Waals surface area (Å²) >= 11 is 0. The Balaban J connectivity index is 3.08. The molecule has 1 rings (SSSR count). The average molecular weight is 228 g/mol. The molecule has 0 radical (unpaired) electrons. The molecule has 0 spiro atoms. The Kier molecular flexibility index (Phi) is 4.27. The fourth-order valence-corrected chi connectivity index (χ4v) is 1.73. The van der Waals surface area contributed by atoms with Gasteiger partial charge in [-0.1, -0.05) is 20.8 Å². The molecule has 0 N–H and O–H groups in total. The van der Waals surface area contributed by atoms with Crippen LogP contribution in [0.2, 0.25) is 0 Å². The first-order valence-corrected chi connectivity index (χ1v) is 5.57. The van der Waals surface area contributed by atoms with Crippen LogP contribution in [0.4, 0.5) is 8.78 Å². The second-order valence-corrected chi connectivity index (χ2v) is 4.18. The van der Waals surface area contributed by atoms with Gasteiger partial charge >= 0.3 is 0 Å². The maximum absolute atomic E-state index is 13.6. The molecule has 1 nitrogen and oxygen atoms in total. The molecule has 0 amide bonds. The van der Waals surface area contributed by atoms with Crippen LogP contribution in [0.3, 0.4) is 0 Å². The van der Waals surface area contributed by atoms with Crippen LogP contribution in [0.5, 0.6) is 5.75 Å². The average Bonchev–Trinajstić information content (AvgIpc) is 2.21. The molecule has 0 aliphatic rings. The highest BCUT2D eigenvalue weighted by Gasteiger charge is 2.15. The summed E-state index contributed by atoms with van der Waals surface area (Å²) in [4.78, 5) is 0. The molecule has 0 aliphatic heterocycles. The van der Waals surface area contributed by atoms with Crippen LogP contribution < -0.4 is 4.74 Å². The molecule has 1 aromatic rings. The van der Waals surface area contributed by atoms with Crippen molar-refractivity contribution in [2.75, 3.05) is 0 Å². The summed E-state index contributed by atoms with van der Waals surface area (Å²) in [6.45, 7) is 7.27. The van der Waals surface area contributed by atoms with E-state index in [-0.39, 0.29) is 18.2 Å². The van der Waals surface area contributed by atoms with Gasteiger partial charge in [-0.15, -0.1) is 0 Å². The maximum atomic E-state index is 13.6. The van der Waals surface area contributed by atoms with Crippen molar-refractivity contribution >= 4 is 0 Å². The van der Waals surface area contributed by atoms with Gasteiger partial charge in [0.05, 0.1) is 0 Å². The van der Waals surface area contributed by atoms with E-state index in [4.69, 9.17) is 4.74 Å². The molecular formula is C13H18F2O. The van der Waals surface area contributed by atoms with Gasteiger partial charge in [0.25, 0.3) is 0 Å². The third-order valence-electron chi connectivity index (χ3n) is 2.57. The fourth-order valence-electron chi connectivity index (χ4n) is 1.73. The monoisotopic (exact) mass is 228 g/mol. The highest BCUT2D eigenvalue weighted by atomic mass is 19.1. The van der Waals surface area contributed by atoms with Gasteiger partial charge in [-0.3, -0.25) is 0 Å². The second-order valence-electron chi connectivity index (χ2n) is 4.18. The number of alkyl halides is 1. The zero-order valence-corrected chi connectivity index (χ0v) is 10.2. The van der Waals surface area contributed by atoms with Gasteiger partial charge in [-0.25, -0.2) is 8.78 Å². The topological polar surface area (TPSA) is 9.23 Å². The lowest BCUT2D eigenvalue weighted by Gasteiger charge is -2.17. The number of hydrogen-bond acceptors (Lipinski definition) is 1. The van der Waals surface area contributed by atoms with Gasteiger partial charge < -0.3 is 4.74 Å². The zero-order chi connectivity index (χ0) is 12.3. The number of rotatable bonds is 4. The summed E-state index contributed by atoms with van der Waals surface area (Å²) in [5.74, 6) is 0.231. The first-order valence-electron chi connectivity index (χ1n) is 5.57. The smallest absolute Gasteiger partial charge is 0.238 e. The third-order valence-corrected chi connectivity index (χ3v) is 2.57. The minimum Gasteiger partial charge on any atom is -0.460 e.